The Morgan fingerprint density at radius 1 is 1.03 bits per heavy atom. The average Bonchev–Trinajstić information content (AvgIpc) is 3.16. The molecule has 0 radical (unpaired) electrons. The van der Waals surface area contributed by atoms with E-state index in [9.17, 15) is 14.0 Å². The zero-order valence-corrected chi connectivity index (χ0v) is 15.8. The van der Waals surface area contributed by atoms with Crippen molar-refractivity contribution in [3.05, 3.63) is 71.9 Å². The molecule has 0 aliphatic rings. The van der Waals surface area contributed by atoms with Gasteiger partial charge in [-0.1, -0.05) is 0 Å². The van der Waals surface area contributed by atoms with Crippen molar-refractivity contribution >= 4 is 23.2 Å². The predicted molar refractivity (Wildman–Crippen MR) is 105 cm³/mol. The lowest BCUT2D eigenvalue weighted by Gasteiger charge is -2.11. The minimum absolute atomic E-state index is 0.0784. The summed E-state index contributed by atoms with van der Waals surface area (Å²) in [5.74, 6) is 0.341. The lowest BCUT2D eigenvalue weighted by molar-refractivity contribution is -0.114. The predicted octanol–water partition coefficient (Wildman–Crippen LogP) is 4.22. The number of amides is 2. The van der Waals surface area contributed by atoms with Crippen LogP contribution in [0.3, 0.4) is 0 Å². The fraction of sp³-hybridized carbons (Fsp3) is 0.143. The van der Waals surface area contributed by atoms with Gasteiger partial charge in [-0.25, -0.2) is 4.39 Å². The minimum Gasteiger partial charge on any atom is -0.495 e. The summed E-state index contributed by atoms with van der Waals surface area (Å²) in [6.07, 6.45) is 0. The van der Waals surface area contributed by atoms with Crippen LogP contribution in [-0.4, -0.2) is 18.9 Å². The molecule has 29 heavy (non-hydrogen) atoms. The Morgan fingerprint density at radius 3 is 2.48 bits per heavy atom. The van der Waals surface area contributed by atoms with Crippen LogP contribution in [0.2, 0.25) is 0 Å². The van der Waals surface area contributed by atoms with E-state index < -0.39 is 5.91 Å². The van der Waals surface area contributed by atoms with Gasteiger partial charge < -0.3 is 24.5 Å². The molecule has 2 amide bonds. The van der Waals surface area contributed by atoms with Crippen molar-refractivity contribution in [1.82, 2.24) is 0 Å². The number of methoxy groups -OCH3 is 1. The summed E-state index contributed by atoms with van der Waals surface area (Å²) in [6.45, 7) is 1.47. The standard InChI is InChI=1S/C21H19FN2O5/c1-13(25)23-15-5-9-19(27-2)18(11-15)24-21(26)20-10-8-17(29-20)12-28-16-6-3-14(22)4-7-16/h3-11H,12H2,1-2H3,(H,23,25)(H,24,26). The van der Waals surface area contributed by atoms with Gasteiger partial charge in [-0.05, 0) is 54.6 Å². The van der Waals surface area contributed by atoms with Crippen LogP contribution < -0.4 is 20.1 Å². The first-order valence-corrected chi connectivity index (χ1v) is 8.68. The van der Waals surface area contributed by atoms with Crippen LogP contribution in [0, 0.1) is 5.82 Å². The van der Waals surface area contributed by atoms with Crippen LogP contribution in [0.25, 0.3) is 0 Å². The van der Waals surface area contributed by atoms with Gasteiger partial charge in [0.15, 0.2) is 5.76 Å². The van der Waals surface area contributed by atoms with E-state index in [-0.39, 0.29) is 24.1 Å². The molecule has 0 saturated carbocycles. The molecule has 0 saturated heterocycles. The molecule has 7 nitrogen and oxygen atoms in total. The zero-order chi connectivity index (χ0) is 20.8. The highest BCUT2D eigenvalue weighted by Gasteiger charge is 2.15. The van der Waals surface area contributed by atoms with Gasteiger partial charge >= 0.3 is 0 Å². The fourth-order valence-electron chi connectivity index (χ4n) is 2.53. The molecule has 3 rings (SSSR count). The van der Waals surface area contributed by atoms with Crippen molar-refractivity contribution in [2.75, 3.05) is 17.7 Å². The monoisotopic (exact) mass is 398 g/mol. The smallest absolute Gasteiger partial charge is 0.291 e. The summed E-state index contributed by atoms with van der Waals surface area (Å²) < 4.78 is 29.2. The highest BCUT2D eigenvalue weighted by atomic mass is 19.1. The second-order valence-electron chi connectivity index (χ2n) is 6.06. The summed E-state index contributed by atoms with van der Waals surface area (Å²) in [4.78, 5) is 23.7. The second-order valence-corrected chi connectivity index (χ2v) is 6.06. The molecule has 150 valence electrons. The Hall–Kier alpha value is -3.81. The summed E-state index contributed by atoms with van der Waals surface area (Å²) in [5, 5.41) is 5.33. The average molecular weight is 398 g/mol. The number of halogens is 1. The third kappa shape index (κ3) is 5.35. The van der Waals surface area contributed by atoms with Crippen LogP contribution in [-0.2, 0) is 11.4 Å². The highest BCUT2D eigenvalue weighted by Crippen LogP contribution is 2.28. The summed E-state index contributed by atoms with van der Waals surface area (Å²) >= 11 is 0. The Bertz CT molecular complexity index is 1010. The number of furan rings is 1. The third-order valence-electron chi connectivity index (χ3n) is 3.85. The molecule has 1 aromatic heterocycles. The summed E-state index contributed by atoms with van der Waals surface area (Å²) in [5.41, 5.74) is 0.894. The Labute approximate surface area is 166 Å². The van der Waals surface area contributed by atoms with Gasteiger partial charge in [-0.2, -0.15) is 0 Å². The summed E-state index contributed by atoms with van der Waals surface area (Å²) in [6, 6.07) is 13.6. The van der Waals surface area contributed by atoms with Crippen molar-refractivity contribution in [3.8, 4) is 11.5 Å². The van der Waals surface area contributed by atoms with E-state index in [0.717, 1.165) is 0 Å². The van der Waals surface area contributed by atoms with Gasteiger partial charge in [-0.15, -0.1) is 0 Å². The molecule has 8 heteroatoms. The number of ether oxygens (including phenoxy) is 2. The van der Waals surface area contributed by atoms with Crippen LogP contribution >= 0.6 is 0 Å². The number of anilines is 2. The number of hydrogen-bond acceptors (Lipinski definition) is 5. The third-order valence-corrected chi connectivity index (χ3v) is 3.85. The van der Waals surface area contributed by atoms with Gasteiger partial charge in [0.05, 0.1) is 12.8 Å². The Kier molecular flexibility index (Phi) is 6.13. The molecule has 0 aliphatic carbocycles. The van der Waals surface area contributed by atoms with Gasteiger partial charge in [0.1, 0.15) is 29.7 Å². The lowest BCUT2D eigenvalue weighted by Crippen LogP contribution is -2.13. The normalized spacial score (nSPS) is 10.3. The van der Waals surface area contributed by atoms with E-state index in [2.05, 4.69) is 10.6 Å². The molecule has 0 unspecified atom stereocenters. The van der Waals surface area contributed by atoms with Crippen molar-refractivity contribution in [2.24, 2.45) is 0 Å². The van der Waals surface area contributed by atoms with E-state index in [1.54, 1.807) is 24.3 Å². The molecule has 0 aliphatic heterocycles. The molecule has 0 fully saturated rings. The first-order valence-electron chi connectivity index (χ1n) is 8.68. The van der Waals surface area contributed by atoms with E-state index in [1.807, 2.05) is 0 Å². The van der Waals surface area contributed by atoms with E-state index >= 15 is 0 Å². The van der Waals surface area contributed by atoms with Gasteiger partial charge in [0, 0.05) is 12.6 Å². The molecule has 1 heterocycles. The molecule has 2 aromatic carbocycles. The fourth-order valence-corrected chi connectivity index (χ4v) is 2.53. The largest absolute Gasteiger partial charge is 0.495 e. The molecule has 0 bridgehead atoms. The number of carbonyl (C=O) groups is 2. The maximum Gasteiger partial charge on any atom is 0.291 e. The van der Waals surface area contributed by atoms with Crippen LogP contribution in [0.5, 0.6) is 11.5 Å². The number of benzene rings is 2. The number of carbonyl (C=O) groups excluding carboxylic acids is 2. The lowest BCUT2D eigenvalue weighted by atomic mass is 10.2. The number of rotatable bonds is 7. The van der Waals surface area contributed by atoms with Gasteiger partial charge in [0.2, 0.25) is 5.91 Å². The van der Waals surface area contributed by atoms with Crippen molar-refractivity contribution in [2.45, 2.75) is 13.5 Å². The molecule has 3 aromatic rings. The topological polar surface area (TPSA) is 89.8 Å². The number of hydrogen-bond donors (Lipinski definition) is 2. The summed E-state index contributed by atoms with van der Waals surface area (Å²) in [7, 11) is 1.47. The first kappa shape index (κ1) is 19.9. The van der Waals surface area contributed by atoms with Crippen molar-refractivity contribution < 1.29 is 27.9 Å². The Balaban J connectivity index is 1.66. The first-order chi connectivity index (χ1) is 13.9. The number of nitrogens with one attached hydrogen (secondary N) is 2. The van der Waals surface area contributed by atoms with E-state index in [1.165, 1.54) is 44.4 Å². The van der Waals surface area contributed by atoms with Crippen molar-refractivity contribution in [3.63, 3.8) is 0 Å². The zero-order valence-electron chi connectivity index (χ0n) is 15.8. The maximum atomic E-state index is 12.9. The van der Waals surface area contributed by atoms with Crippen molar-refractivity contribution in [1.29, 1.82) is 0 Å². The maximum absolute atomic E-state index is 12.9. The molecule has 0 atom stereocenters. The SMILES string of the molecule is COc1ccc(NC(C)=O)cc1NC(=O)c1ccc(COc2ccc(F)cc2)o1. The minimum atomic E-state index is -0.490. The van der Waals surface area contributed by atoms with E-state index in [0.29, 0.717) is 28.6 Å². The Morgan fingerprint density at radius 2 is 1.79 bits per heavy atom. The van der Waals surface area contributed by atoms with Crippen LogP contribution in [0.15, 0.2) is 59.0 Å². The van der Waals surface area contributed by atoms with Gasteiger partial charge in [-0.3, -0.25) is 9.59 Å². The van der Waals surface area contributed by atoms with E-state index in [4.69, 9.17) is 13.9 Å². The van der Waals surface area contributed by atoms with Crippen LogP contribution in [0.4, 0.5) is 15.8 Å². The second kappa shape index (κ2) is 8.92. The van der Waals surface area contributed by atoms with Gasteiger partial charge in [0.25, 0.3) is 5.91 Å². The van der Waals surface area contributed by atoms with Crippen LogP contribution in [0.1, 0.15) is 23.2 Å². The molecular formula is C21H19FN2O5. The molecule has 0 spiro atoms. The molecular weight excluding hydrogens is 379 g/mol. The highest BCUT2D eigenvalue weighted by molar-refractivity contribution is 6.03. The quantitative estimate of drug-likeness (QED) is 0.622. The molecule has 2 N–H and O–H groups in total.